The molecule has 0 atom stereocenters. The highest BCUT2D eigenvalue weighted by atomic mass is 16.1. The monoisotopic (exact) mass is 401 g/mol. The molecule has 4 nitrogen and oxygen atoms in total. The van der Waals surface area contributed by atoms with Gasteiger partial charge >= 0.3 is 0 Å². The number of rotatable bonds is 5. The van der Waals surface area contributed by atoms with Crippen molar-refractivity contribution in [2.24, 2.45) is 0 Å². The van der Waals surface area contributed by atoms with Gasteiger partial charge in [-0.3, -0.25) is 10.1 Å². The van der Waals surface area contributed by atoms with Crippen LogP contribution in [0.4, 0.5) is 5.69 Å². The molecule has 0 unspecified atom stereocenters. The van der Waals surface area contributed by atoms with Gasteiger partial charge in [-0.15, -0.1) is 0 Å². The van der Waals surface area contributed by atoms with Gasteiger partial charge < -0.3 is 5.32 Å². The number of carbonyl (C=O) groups excluding carboxylic acids is 1. The molecule has 0 aromatic heterocycles. The van der Waals surface area contributed by atoms with Crippen LogP contribution in [0, 0.1) is 39.1 Å². The van der Waals surface area contributed by atoms with Crippen molar-refractivity contribution < 1.29 is 4.79 Å². The molecule has 4 heteroatoms. The zero-order chi connectivity index (χ0) is 21.8. The largest absolute Gasteiger partial charge is 0.382 e. The van der Waals surface area contributed by atoms with E-state index in [1.165, 1.54) is 53.6 Å². The summed E-state index contributed by atoms with van der Waals surface area (Å²) in [6, 6.07) is 9.37. The van der Waals surface area contributed by atoms with Crippen molar-refractivity contribution in [3.05, 3.63) is 57.7 Å². The second-order valence-electron chi connectivity index (χ2n) is 8.39. The lowest BCUT2D eigenvalue weighted by Gasteiger charge is -2.20. The fourth-order valence-electron chi connectivity index (χ4n) is 4.46. The Morgan fingerprint density at radius 2 is 1.57 bits per heavy atom. The summed E-state index contributed by atoms with van der Waals surface area (Å²) in [6.45, 7) is 10.2. The Bertz CT molecular complexity index is 991. The van der Waals surface area contributed by atoms with Crippen molar-refractivity contribution >= 4 is 17.7 Å². The summed E-state index contributed by atoms with van der Waals surface area (Å²) in [5.74, 6) is -0.360. The first-order valence-corrected chi connectivity index (χ1v) is 10.7. The van der Waals surface area contributed by atoms with Crippen molar-refractivity contribution in [2.45, 2.75) is 66.3 Å². The van der Waals surface area contributed by atoms with Crippen LogP contribution in [0.2, 0.25) is 0 Å². The number of amides is 1. The van der Waals surface area contributed by atoms with Crippen LogP contribution in [0.5, 0.6) is 0 Å². The minimum absolute atomic E-state index is 0.360. The molecular weight excluding hydrogens is 370 g/mol. The number of hydrogen-bond acceptors (Lipinski definition) is 3. The van der Waals surface area contributed by atoms with E-state index in [0.717, 1.165) is 16.7 Å². The molecule has 0 bridgehead atoms. The topological polar surface area (TPSA) is 64.9 Å². The molecule has 1 saturated carbocycles. The molecule has 0 spiro atoms. The third-order valence-electron chi connectivity index (χ3n) is 6.47. The number of anilines is 1. The summed E-state index contributed by atoms with van der Waals surface area (Å²) in [4.78, 5) is 12.0. The normalized spacial score (nSPS) is 14.5. The van der Waals surface area contributed by atoms with Gasteiger partial charge in [0.2, 0.25) is 0 Å². The van der Waals surface area contributed by atoms with E-state index in [1.807, 2.05) is 6.08 Å². The third kappa shape index (κ3) is 4.41. The zero-order valence-electron chi connectivity index (χ0n) is 18.6. The Morgan fingerprint density at radius 1 is 1.00 bits per heavy atom. The fraction of sp³-hybridized carbons (Fsp3) is 0.385. The van der Waals surface area contributed by atoms with E-state index in [0.29, 0.717) is 11.6 Å². The smallest absolute Gasteiger partial charge is 0.259 e. The van der Waals surface area contributed by atoms with Crippen molar-refractivity contribution in [1.82, 2.24) is 5.32 Å². The van der Waals surface area contributed by atoms with Gasteiger partial charge in [-0.05, 0) is 105 Å². The number of nitrogens with zero attached hydrogens (tertiary/aromatic N) is 1. The molecule has 3 rings (SSSR count). The summed E-state index contributed by atoms with van der Waals surface area (Å²) >= 11 is 0. The Balaban J connectivity index is 1.96. The zero-order valence-corrected chi connectivity index (χ0v) is 18.6. The van der Waals surface area contributed by atoms with Gasteiger partial charge in [-0.2, -0.15) is 5.26 Å². The van der Waals surface area contributed by atoms with Crippen molar-refractivity contribution in [1.29, 1.82) is 5.26 Å². The molecule has 1 fully saturated rings. The van der Waals surface area contributed by atoms with E-state index in [2.05, 4.69) is 62.6 Å². The average Bonchev–Trinajstić information content (AvgIpc) is 3.24. The van der Waals surface area contributed by atoms with Gasteiger partial charge in [0.05, 0.1) is 0 Å². The summed E-state index contributed by atoms with van der Waals surface area (Å²) in [5.41, 5.74) is 9.99. The highest BCUT2D eigenvalue weighted by molar-refractivity contribution is 5.98. The SMILES string of the molecule is CC(=Cc1c(C)c(C)c(-c2ccc(NC3CCCC3)cc2)c(C)c1C)C(=O)NC#N. The first-order chi connectivity index (χ1) is 14.3. The first-order valence-electron chi connectivity index (χ1n) is 10.7. The van der Waals surface area contributed by atoms with Crippen LogP contribution >= 0.6 is 0 Å². The molecular formula is C26H31N3O. The molecule has 156 valence electrons. The molecule has 0 radical (unpaired) electrons. The van der Waals surface area contributed by atoms with E-state index in [1.54, 1.807) is 13.1 Å². The first kappa shape index (κ1) is 21.6. The van der Waals surface area contributed by atoms with Gasteiger partial charge in [0.1, 0.15) is 0 Å². The molecule has 2 N–H and O–H groups in total. The Kier molecular flexibility index (Phi) is 6.62. The average molecular weight is 402 g/mol. The fourth-order valence-corrected chi connectivity index (χ4v) is 4.46. The summed E-state index contributed by atoms with van der Waals surface area (Å²) in [6.07, 6.45) is 8.76. The molecule has 30 heavy (non-hydrogen) atoms. The molecule has 0 aliphatic heterocycles. The number of nitrogens with one attached hydrogen (secondary N) is 2. The van der Waals surface area contributed by atoms with Crippen LogP contribution in [0.15, 0.2) is 29.8 Å². The quantitative estimate of drug-likeness (QED) is 0.370. The van der Waals surface area contributed by atoms with Gasteiger partial charge in [-0.1, -0.05) is 25.0 Å². The van der Waals surface area contributed by atoms with Crippen LogP contribution in [0.1, 0.15) is 60.4 Å². The predicted molar refractivity (Wildman–Crippen MR) is 124 cm³/mol. The number of nitriles is 1. The summed E-state index contributed by atoms with van der Waals surface area (Å²) in [5, 5.41) is 14.5. The maximum absolute atomic E-state index is 12.0. The molecule has 0 heterocycles. The highest BCUT2D eigenvalue weighted by Gasteiger charge is 2.17. The number of carbonyl (C=O) groups is 1. The lowest BCUT2D eigenvalue weighted by Crippen LogP contribution is -2.18. The van der Waals surface area contributed by atoms with Crippen LogP contribution < -0.4 is 10.6 Å². The van der Waals surface area contributed by atoms with E-state index in [4.69, 9.17) is 5.26 Å². The Hall–Kier alpha value is -3.06. The number of hydrogen-bond donors (Lipinski definition) is 2. The summed E-state index contributed by atoms with van der Waals surface area (Å²) < 4.78 is 0. The van der Waals surface area contributed by atoms with E-state index >= 15 is 0 Å². The van der Waals surface area contributed by atoms with E-state index in [9.17, 15) is 4.79 Å². The second kappa shape index (κ2) is 9.17. The van der Waals surface area contributed by atoms with E-state index in [-0.39, 0.29) is 5.91 Å². The lowest BCUT2D eigenvalue weighted by atomic mass is 9.85. The van der Waals surface area contributed by atoms with Gasteiger partial charge in [0.15, 0.2) is 6.19 Å². The third-order valence-corrected chi connectivity index (χ3v) is 6.47. The maximum Gasteiger partial charge on any atom is 0.259 e. The molecule has 1 aliphatic carbocycles. The molecule has 1 amide bonds. The summed E-state index contributed by atoms with van der Waals surface area (Å²) in [7, 11) is 0. The second-order valence-corrected chi connectivity index (χ2v) is 8.39. The Labute approximate surface area is 180 Å². The predicted octanol–water partition coefficient (Wildman–Crippen LogP) is 5.94. The van der Waals surface area contributed by atoms with E-state index < -0.39 is 0 Å². The molecule has 1 aliphatic rings. The van der Waals surface area contributed by atoms with Gasteiger partial charge in [0.25, 0.3) is 5.91 Å². The molecule has 0 saturated heterocycles. The highest BCUT2D eigenvalue weighted by Crippen LogP contribution is 2.36. The van der Waals surface area contributed by atoms with Crippen LogP contribution in [0.25, 0.3) is 17.2 Å². The van der Waals surface area contributed by atoms with Crippen molar-refractivity contribution in [3.63, 3.8) is 0 Å². The molecule has 2 aromatic rings. The molecule has 2 aromatic carbocycles. The Morgan fingerprint density at radius 3 is 2.10 bits per heavy atom. The minimum atomic E-state index is -0.360. The van der Waals surface area contributed by atoms with Crippen LogP contribution in [0.3, 0.4) is 0 Å². The van der Waals surface area contributed by atoms with Gasteiger partial charge in [-0.25, -0.2) is 0 Å². The standard InChI is InChI=1S/C26H31N3O/c1-16(26(30)28-15-27)14-24-17(2)19(4)25(20(5)18(24)3)21-10-12-23(13-11-21)29-22-8-6-7-9-22/h10-14,22,29H,6-9H2,1-5H3,(H,28,30). The number of benzene rings is 2. The van der Waals surface area contributed by atoms with Gasteiger partial charge in [0, 0.05) is 17.3 Å². The van der Waals surface area contributed by atoms with Crippen LogP contribution in [-0.4, -0.2) is 11.9 Å². The van der Waals surface area contributed by atoms with Crippen molar-refractivity contribution in [3.8, 4) is 17.3 Å². The van der Waals surface area contributed by atoms with Crippen molar-refractivity contribution in [2.75, 3.05) is 5.32 Å². The maximum atomic E-state index is 12.0. The minimum Gasteiger partial charge on any atom is -0.382 e. The lowest BCUT2D eigenvalue weighted by molar-refractivity contribution is -0.116. The van der Waals surface area contributed by atoms with Crippen LogP contribution in [-0.2, 0) is 4.79 Å².